The quantitative estimate of drug-likeness (QED) is 0.688. The molecule has 0 radical (unpaired) electrons. The third kappa shape index (κ3) is 4.86. The molecule has 28 heavy (non-hydrogen) atoms. The predicted octanol–water partition coefficient (Wildman–Crippen LogP) is 2.27. The van der Waals surface area contributed by atoms with Gasteiger partial charge in [0.15, 0.2) is 11.5 Å². The summed E-state index contributed by atoms with van der Waals surface area (Å²) in [6, 6.07) is 11.2. The maximum Gasteiger partial charge on any atom is 0.237 e. The van der Waals surface area contributed by atoms with Crippen LogP contribution in [-0.2, 0) is 17.9 Å². The van der Waals surface area contributed by atoms with E-state index < -0.39 is 0 Å². The molecule has 150 valence electrons. The van der Waals surface area contributed by atoms with Gasteiger partial charge in [0.05, 0.1) is 27.4 Å². The van der Waals surface area contributed by atoms with Crippen LogP contribution in [0.2, 0.25) is 0 Å². The summed E-state index contributed by atoms with van der Waals surface area (Å²) < 4.78 is 22.0. The second-order valence-electron chi connectivity index (χ2n) is 6.51. The first-order valence-corrected chi connectivity index (χ1v) is 9.15. The van der Waals surface area contributed by atoms with Crippen LogP contribution in [0.5, 0.6) is 23.0 Å². The summed E-state index contributed by atoms with van der Waals surface area (Å²) in [4.78, 5) is 11.6. The molecular formula is C21H26N2O5. The Kier molecular flexibility index (Phi) is 6.60. The largest absolute Gasteiger partial charge is 0.497 e. The van der Waals surface area contributed by atoms with Crippen LogP contribution in [0.4, 0.5) is 0 Å². The number of rotatable bonds is 9. The van der Waals surface area contributed by atoms with E-state index in [1.807, 2.05) is 36.4 Å². The highest BCUT2D eigenvalue weighted by Crippen LogP contribution is 2.30. The number of hydrogen-bond acceptors (Lipinski definition) is 6. The lowest BCUT2D eigenvalue weighted by Crippen LogP contribution is -2.35. The van der Waals surface area contributed by atoms with Gasteiger partial charge in [-0.15, -0.1) is 0 Å². The molecule has 1 heterocycles. The highest BCUT2D eigenvalue weighted by Gasteiger charge is 2.23. The van der Waals surface area contributed by atoms with Gasteiger partial charge in [-0.25, -0.2) is 0 Å². The van der Waals surface area contributed by atoms with Crippen LogP contribution in [0, 0.1) is 0 Å². The van der Waals surface area contributed by atoms with E-state index in [2.05, 4.69) is 10.6 Å². The third-order valence-corrected chi connectivity index (χ3v) is 4.63. The van der Waals surface area contributed by atoms with Crippen molar-refractivity contribution in [2.24, 2.45) is 0 Å². The first-order valence-electron chi connectivity index (χ1n) is 9.15. The second-order valence-corrected chi connectivity index (χ2v) is 6.51. The monoisotopic (exact) mass is 386 g/mol. The van der Waals surface area contributed by atoms with Crippen LogP contribution in [-0.4, -0.2) is 39.8 Å². The fraction of sp³-hybridized carbons (Fsp3) is 0.381. The number of nitrogens with one attached hydrogen (secondary N) is 2. The average molecular weight is 386 g/mol. The van der Waals surface area contributed by atoms with E-state index in [0.29, 0.717) is 36.1 Å². The van der Waals surface area contributed by atoms with Gasteiger partial charge in [-0.05, 0) is 41.8 Å². The van der Waals surface area contributed by atoms with Gasteiger partial charge >= 0.3 is 0 Å². The van der Waals surface area contributed by atoms with E-state index in [9.17, 15) is 4.79 Å². The van der Waals surface area contributed by atoms with Crippen molar-refractivity contribution in [3.8, 4) is 23.0 Å². The van der Waals surface area contributed by atoms with Crippen molar-refractivity contribution in [3.05, 3.63) is 47.5 Å². The molecule has 2 aromatic rings. The number of hydrogen-bond donors (Lipinski definition) is 2. The molecule has 2 N–H and O–H groups in total. The van der Waals surface area contributed by atoms with Crippen molar-refractivity contribution in [2.45, 2.75) is 25.6 Å². The predicted molar refractivity (Wildman–Crippen MR) is 105 cm³/mol. The van der Waals surface area contributed by atoms with E-state index in [1.54, 1.807) is 21.3 Å². The molecule has 0 aliphatic carbocycles. The average Bonchev–Trinajstić information content (AvgIpc) is 3.15. The molecule has 1 unspecified atom stereocenters. The lowest BCUT2D eigenvalue weighted by molar-refractivity contribution is -0.120. The summed E-state index contributed by atoms with van der Waals surface area (Å²) in [6.07, 6.45) is 0.807. The van der Waals surface area contributed by atoms with Crippen LogP contribution < -0.4 is 29.6 Å². The Balaban J connectivity index is 1.64. The topological polar surface area (TPSA) is 78.1 Å². The first kappa shape index (κ1) is 19.8. The fourth-order valence-corrected chi connectivity index (χ4v) is 3.08. The molecule has 1 atom stereocenters. The van der Waals surface area contributed by atoms with Gasteiger partial charge in [0.25, 0.3) is 0 Å². The Bertz CT molecular complexity index is 802. The standard InChI is InChI=1S/C21H26N2O5/c1-25-16-8-15(9-17(11-16)26-2)13-28-19-5-4-14(10-20(19)27-3)12-23-18-6-7-22-21(18)24/h4-5,8-11,18,23H,6-7,12-13H2,1-3H3,(H,22,24). The van der Waals surface area contributed by atoms with E-state index in [-0.39, 0.29) is 11.9 Å². The molecule has 0 aromatic heterocycles. The van der Waals surface area contributed by atoms with E-state index in [4.69, 9.17) is 18.9 Å². The highest BCUT2D eigenvalue weighted by atomic mass is 16.5. The molecule has 3 rings (SSSR count). The minimum atomic E-state index is -0.134. The van der Waals surface area contributed by atoms with Crippen molar-refractivity contribution >= 4 is 5.91 Å². The van der Waals surface area contributed by atoms with Crippen molar-refractivity contribution < 1.29 is 23.7 Å². The van der Waals surface area contributed by atoms with Crippen LogP contribution in [0.1, 0.15) is 17.5 Å². The van der Waals surface area contributed by atoms with Gasteiger partial charge in [-0.2, -0.15) is 0 Å². The Hall–Kier alpha value is -2.93. The second kappa shape index (κ2) is 9.32. The Morgan fingerprint density at radius 1 is 0.964 bits per heavy atom. The smallest absolute Gasteiger partial charge is 0.237 e. The van der Waals surface area contributed by atoms with Crippen molar-refractivity contribution in [2.75, 3.05) is 27.9 Å². The summed E-state index contributed by atoms with van der Waals surface area (Å²) in [5, 5.41) is 6.09. The van der Waals surface area contributed by atoms with Gasteiger partial charge in [-0.3, -0.25) is 4.79 Å². The zero-order valence-electron chi connectivity index (χ0n) is 16.4. The summed E-state index contributed by atoms with van der Waals surface area (Å²) in [7, 11) is 4.84. The van der Waals surface area contributed by atoms with Crippen molar-refractivity contribution in [1.82, 2.24) is 10.6 Å². The molecule has 0 bridgehead atoms. The van der Waals surface area contributed by atoms with Gasteiger partial charge in [0, 0.05) is 19.2 Å². The number of carbonyl (C=O) groups excluding carboxylic acids is 1. The summed E-state index contributed by atoms with van der Waals surface area (Å²) in [5.41, 5.74) is 1.95. The van der Waals surface area contributed by atoms with Gasteiger partial charge in [-0.1, -0.05) is 6.07 Å². The van der Waals surface area contributed by atoms with E-state index >= 15 is 0 Å². The first-order chi connectivity index (χ1) is 13.6. The molecule has 2 aromatic carbocycles. The number of amides is 1. The van der Waals surface area contributed by atoms with Crippen LogP contribution in [0.15, 0.2) is 36.4 Å². The molecule has 1 saturated heterocycles. The Morgan fingerprint density at radius 2 is 1.71 bits per heavy atom. The number of methoxy groups -OCH3 is 3. The SMILES string of the molecule is COc1cc(COc2ccc(CNC3CCNC3=O)cc2OC)cc(OC)c1. The van der Waals surface area contributed by atoms with Crippen LogP contribution in [0.25, 0.3) is 0 Å². The maximum absolute atomic E-state index is 11.6. The van der Waals surface area contributed by atoms with Crippen LogP contribution >= 0.6 is 0 Å². The van der Waals surface area contributed by atoms with Crippen molar-refractivity contribution in [3.63, 3.8) is 0 Å². The summed E-state index contributed by atoms with van der Waals surface area (Å²) in [5.74, 6) is 2.77. The molecule has 7 heteroatoms. The molecule has 1 aliphatic heterocycles. The minimum absolute atomic E-state index is 0.0561. The molecular weight excluding hydrogens is 360 g/mol. The molecule has 1 aliphatic rings. The summed E-state index contributed by atoms with van der Waals surface area (Å²) >= 11 is 0. The lowest BCUT2D eigenvalue weighted by atomic mass is 10.1. The van der Waals surface area contributed by atoms with Gasteiger partial charge in [0.1, 0.15) is 18.1 Å². The molecule has 1 amide bonds. The summed E-state index contributed by atoms with van der Waals surface area (Å²) in [6.45, 7) is 1.66. The molecule has 0 spiro atoms. The highest BCUT2D eigenvalue weighted by molar-refractivity contribution is 5.83. The van der Waals surface area contributed by atoms with Crippen LogP contribution in [0.3, 0.4) is 0 Å². The fourth-order valence-electron chi connectivity index (χ4n) is 3.08. The maximum atomic E-state index is 11.6. The number of ether oxygens (including phenoxy) is 4. The lowest BCUT2D eigenvalue weighted by Gasteiger charge is -2.14. The van der Waals surface area contributed by atoms with Gasteiger partial charge < -0.3 is 29.6 Å². The molecule has 7 nitrogen and oxygen atoms in total. The molecule has 0 saturated carbocycles. The van der Waals surface area contributed by atoms with E-state index in [0.717, 1.165) is 24.1 Å². The zero-order chi connectivity index (χ0) is 19.9. The Morgan fingerprint density at radius 3 is 2.32 bits per heavy atom. The Labute approximate surface area is 164 Å². The number of carbonyl (C=O) groups is 1. The van der Waals surface area contributed by atoms with Gasteiger partial charge in [0.2, 0.25) is 5.91 Å². The van der Waals surface area contributed by atoms with E-state index in [1.165, 1.54) is 0 Å². The minimum Gasteiger partial charge on any atom is -0.497 e. The molecule has 1 fully saturated rings. The number of benzene rings is 2. The van der Waals surface area contributed by atoms with Crippen molar-refractivity contribution in [1.29, 1.82) is 0 Å². The normalized spacial score (nSPS) is 15.8. The third-order valence-electron chi connectivity index (χ3n) is 4.63. The zero-order valence-corrected chi connectivity index (χ0v) is 16.4.